The molecule has 3 nitrogen and oxygen atoms in total. The van der Waals surface area contributed by atoms with E-state index in [1.807, 2.05) is 79.0 Å². The molecule has 0 saturated carbocycles. The lowest BCUT2D eigenvalue weighted by Crippen LogP contribution is -2.37. The van der Waals surface area contributed by atoms with Crippen LogP contribution in [0, 0.1) is 0 Å². The smallest absolute Gasteiger partial charge is 0.232 e. The molecule has 1 amide bonds. The third-order valence-electron chi connectivity index (χ3n) is 5.12. The summed E-state index contributed by atoms with van der Waals surface area (Å²) >= 11 is 0. The first-order chi connectivity index (χ1) is 13.7. The van der Waals surface area contributed by atoms with Crippen molar-refractivity contribution in [3.8, 4) is 0 Å². The lowest BCUT2D eigenvalue weighted by Gasteiger charge is -2.21. The van der Waals surface area contributed by atoms with Crippen molar-refractivity contribution in [3.63, 3.8) is 0 Å². The molecule has 0 aliphatic rings. The number of fused-ring (bicyclic) bond motifs is 1. The van der Waals surface area contributed by atoms with Crippen molar-refractivity contribution in [2.75, 3.05) is 0 Å². The van der Waals surface area contributed by atoms with Gasteiger partial charge in [0.2, 0.25) is 5.91 Å². The van der Waals surface area contributed by atoms with E-state index < -0.39 is 0 Å². The molecule has 4 rings (SSSR count). The van der Waals surface area contributed by atoms with E-state index >= 15 is 0 Å². The fourth-order valence-electron chi connectivity index (χ4n) is 3.79. The standard InChI is InChI=1S/C25H24N2O/c1-18(16-21-17-26-23-15-9-8-14-22(21)23)27-25(28)24(19-10-4-2-5-11-19)20-12-6-3-7-13-20/h2-15,17-18,24,26H,16H2,1H3,(H,27,28)/t18-/m1/s1. The van der Waals surface area contributed by atoms with E-state index in [1.54, 1.807) is 0 Å². The number of amides is 1. The third kappa shape index (κ3) is 3.84. The van der Waals surface area contributed by atoms with E-state index in [9.17, 15) is 4.79 Å². The Balaban J connectivity index is 1.54. The number of aromatic amines is 1. The molecule has 1 heterocycles. The molecule has 28 heavy (non-hydrogen) atoms. The average molecular weight is 368 g/mol. The second-order valence-electron chi connectivity index (χ2n) is 7.23. The fourth-order valence-corrected chi connectivity index (χ4v) is 3.79. The van der Waals surface area contributed by atoms with Gasteiger partial charge in [0.05, 0.1) is 5.92 Å². The Morgan fingerprint density at radius 1 is 0.857 bits per heavy atom. The number of H-pyrrole nitrogens is 1. The van der Waals surface area contributed by atoms with Crippen LogP contribution < -0.4 is 5.32 Å². The van der Waals surface area contributed by atoms with E-state index in [2.05, 4.69) is 29.4 Å². The second-order valence-corrected chi connectivity index (χ2v) is 7.23. The van der Waals surface area contributed by atoms with Gasteiger partial charge < -0.3 is 10.3 Å². The van der Waals surface area contributed by atoms with Gasteiger partial charge in [-0.05, 0) is 36.1 Å². The highest BCUT2D eigenvalue weighted by Crippen LogP contribution is 2.25. The van der Waals surface area contributed by atoms with Gasteiger partial charge in [-0.2, -0.15) is 0 Å². The number of aromatic nitrogens is 1. The fraction of sp³-hybridized carbons (Fsp3) is 0.160. The molecule has 1 atom stereocenters. The summed E-state index contributed by atoms with van der Waals surface area (Å²) in [5.41, 5.74) is 4.36. The molecule has 0 radical (unpaired) electrons. The number of carbonyl (C=O) groups is 1. The molecule has 140 valence electrons. The summed E-state index contributed by atoms with van der Waals surface area (Å²) < 4.78 is 0. The van der Waals surface area contributed by atoms with Gasteiger partial charge in [-0.25, -0.2) is 0 Å². The minimum Gasteiger partial charge on any atom is -0.361 e. The highest BCUT2D eigenvalue weighted by Gasteiger charge is 2.24. The van der Waals surface area contributed by atoms with Crippen LogP contribution in [0.1, 0.15) is 29.5 Å². The summed E-state index contributed by atoms with van der Waals surface area (Å²) in [6.07, 6.45) is 2.82. The van der Waals surface area contributed by atoms with Gasteiger partial charge in [0, 0.05) is 23.1 Å². The number of hydrogen-bond donors (Lipinski definition) is 2. The molecule has 0 fully saturated rings. The zero-order valence-corrected chi connectivity index (χ0v) is 15.9. The Morgan fingerprint density at radius 2 is 1.43 bits per heavy atom. The maximum atomic E-state index is 13.2. The van der Waals surface area contributed by atoms with Crippen molar-refractivity contribution in [1.29, 1.82) is 0 Å². The predicted molar refractivity (Wildman–Crippen MR) is 114 cm³/mol. The van der Waals surface area contributed by atoms with Crippen LogP contribution in [0.15, 0.2) is 91.1 Å². The van der Waals surface area contributed by atoms with Crippen LogP contribution in [0.3, 0.4) is 0 Å². The molecule has 4 aromatic rings. The van der Waals surface area contributed by atoms with Gasteiger partial charge in [0.15, 0.2) is 0 Å². The van der Waals surface area contributed by atoms with Crippen molar-refractivity contribution in [2.24, 2.45) is 0 Å². The molecule has 0 aliphatic carbocycles. The van der Waals surface area contributed by atoms with Crippen LogP contribution in [0.2, 0.25) is 0 Å². The summed E-state index contributed by atoms with van der Waals surface area (Å²) in [6, 6.07) is 28.2. The van der Waals surface area contributed by atoms with Crippen LogP contribution in [0.5, 0.6) is 0 Å². The van der Waals surface area contributed by atoms with Crippen LogP contribution in [0.4, 0.5) is 0 Å². The summed E-state index contributed by atoms with van der Waals surface area (Å²) in [6.45, 7) is 2.06. The number of carbonyl (C=O) groups excluding carboxylic acids is 1. The van der Waals surface area contributed by atoms with Crippen molar-refractivity contribution in [2.45, 2.75) is 25.3 Å². The van der Waals surface area contributed by atoms with Crippen molar-refractivity contribution < 1.29 is 4.79 Å². The summed E-state index contributed by atoms with van der Waals surface area (Å²) in [7, 11) is 0. The van der Waals surface area contributed by atoms with Crippen LogP contribution >= 0.6 is 0 Å². The molecule has 3 heteroatoms. The van der Waals surface area contributed by atoms with Crippen molar-refractivity contribution in [1.82, 2.24) is 10.3 Å². The van der Waals surface area contributed by atoms with Crippen molar-refractivity contribution in [3.05, 3.63) is 108 Å². The molecule has 0 spiro atoms. The Labute approximate surface area is 165 Å². The Kier molecular flexibility index (Phi) is 5.24. The van der Waals surface area contributed by atoms with Crippen LogP contribution in [0.25, 0.3) is 10.9 Å². The van der Waals surface area contributed by atoms with Crippen LogP contribution in [-0.2, 0) is 11.2 Å². The molecular formula is C25H24N2O. The lowest BCUT2D eigenvalue weighted by molar-refractivity contribution is -0.122. The van der Waals surface area contributed by atoms with E-state index in [1.165, 1.54) is 10.9 Å². The SMILES string of the molecule is C[C@H](Cc1c[nH]c2ccccc12)NC(=O)C(c1ccccc1)c1ccccc1. The van der Waals surface area contributed by atoms with Crippen LogP contribution in [-0.4, -0.2) is 16.9 Å². The van der Waals surface area contributed by atoms with E-state index in [4.69, 9.17) is 0 Å². The predicted octanol–water partition coefficient (Wildman–Crippen LogP) is 5.05. The summed E-state index contributed by atoms with van der Waals surface area (Å²) in [5.74, 6) is -0.280. The molecule has 0 aliphatic heterocycles. The monoisotopic (exact) mass is 368 g/mol. The van der Waals surface area contributed by atoms with Gasteiger partial charge in [0.1, 0.15) is 0 Å². The van der Waals surface area contributed by atoms with Gasteiger partial charge in [0.25, 0.3) is 0 Å². The molecule has 3 aromatic carbocycles. The summed E-state index contributed by atoms with van der Waals surface area (Å²) in [4.78, 5) is 16.5. The first-order valence-electron chi connectivity index (χ1n) is 9.67. The normalized spacial score (nSPS) is 12.2. The highest BCUT2D eigenvalue weighted by atomic mass is 16.1. The Morgan fingerprint density at radius 3 is 2.07 bits per heavy atom. The summed E-state index contributed by atoms with van der Waals surface area (Å²) in [5, 5.41) is 4.44. The number of nitrogens with one attached hydrogen (secondary N) is 2. The largest absolute Gasteiger partial charge is 0.361 e. The number of para-hydroxylation sites is 1. The van der Waals surface area contributed by atoms with Gasteiger partial charge in [-0.1, -0.05) is 78.9 Å². The van der Waals surface area contributed by atoms with Gasteiger partial charge in [-0.3, -0.25) is 4.79 Å². The molecular weight excluding hydrogens is 344 g/mol. The zero-order chi connectivity index (χ0) is 19.3. The number of benzene rings is 3. The maximum absolute atomic E-state index is 13.2. The third-order valence-corrected chi connectivity index (χ3v) is 5.12. The topological polar surface area (TPSA) is 44.9 Å². The Hall–Kier alpha value is -3.33. The first-order valence-corrected chi connectivity index (χ1v) is 9.67. The first kappa shape index (κ1) is 18.1. The number of rotatable bonds is 6. The molecule has 2 N–H and O–H groups in total. The highest BCUT2D eigenvalue weighted by molar-refractivity contribution is 5.87. The van der Waals surface area contributed by atoms with Crippen molar-refractivity contribution >= 4 is 16.8 Å². The zero-order valence-electron chi connectivity index (χ0n) is 15.9. The second kappa shape index (κ2) is 8.13. The van der Waals surface area contributed by atoms with E-state index in [0.717, 1.165) is 23.1 Å². The molecule has 0 saturated heterocycles. The average Bonchev–Trinajstić information content (AvgIpc) is 3.12. The minimum atomic E-state index is -0.312. The quantitative estimate of drug-likeness (QED) is 0.492. The number of hydrogen-bond acceptors (Lipinski definition) is 1. The van der Waals surface area contributed by atoms with Gasteiger partial charge >= 0.3 is 0 Å². The molecule has 1 aromatic heterocycles. The van der Waals surface area contributed by atoms with E-state index in [-0.39, 0.29) is 17.9 Å². The Bertz CT molecular complexity index is 1010. The maximum Gasteiger partial charge on any atom is 0.232 e. The van der Waals surface area contributed by atoms with E-state index in [0.29, 0.717) is 0 Å². The molecule has 0 bridgehead atoms. The minimum absolute atomic E-state index is 0.0293. The lowest BCUT2D eigenvalue weighted by atomic mass is 9.90. The van der Waals surface area contributed by atoms with Gasteiger partial charge in [-0.15, -0.1) is 0 Å². The molecule has 0 unspecified atom stereocenters.